The van der Waals surface area contributed by atoms with E-state index >= 15 is 0 Å². The SMILES string of the molecule is CCN1CCN(Cc2ccc(NC(=O)COc3ccc(-c4cccc5nccn45)cc3)cc2C(F)(F)F)CC1. The van der Waals surface area contributed by atoms with Gasteiger partial charge < -0.3 is 15.0 Å². The summed E-state index contributed by atoms with van der Waals surface area (Å²) < 4.78 is 49.1. The normalized spacial score (nSPS) is 15.0. The van der Waals surface area contributed by atoms with Crippen LogP contribution in [0.1, 0.15) is 18.1 Å². The summed E-state index contributed by atoms with van der Waals surface area (Å²) in [6, 6.07) is 17.0. The maximum absolute atomic E-state index is 13.9. The highest BCUT2D eigenvalue weighted by atomic mass is 19.4. The number of rotatable bonds is 8. The van der Waals surface area contributed by atoms with Gasteiger partial charge in [0.2, 0.25) is 0 Å². The minimum absolute atomic E-state index is 0.0826. The van der Waals surface area contributed by atoms with E-state index in [0.29, 0.717) is 5.75 Å². The topological polar surface area (TPSA) is 62.1 Å². The van der Waals surface area contributed by atoms with E-state index in [1.807, 2.05) is 45.8 Å². The molecule has 7 nitrogen and oxygen atoms in total. The Balaban J connectivity index is 1.19. The summed E-state index contributed by atoms with van der Waals surface area (Å²) in [5.74, 6) is -0.0694. The molecule has 3 heterocycles. The fourth-order valence-corrected chi connectivity index (χ4v) is 4.81. The van der Waals surface area contributed by atoms with Crippen LogP contribution in [-0.2, 0) is 17.5 Å². The maximum atomic E-state index is 13.9. The Bertz CT molecular complexity index is 1430. The van der Waals surface area contributed by atoms with Crippen LogP contribution in [0.3, 0.4) is 0 Å². The number of ether oxygens (including phenoxy) is 1. The number of amides is 1. The van der Waals surface area contributed by atoms with Gasteiger partial charge in [-0.25, -0.2) is 4.98 Å². The van der Waals surface area contributed by atoms with Crippen molar-refractivity contribution in [3.05, 3.63) is 84.2 Å². The van der Waals surface area contributed by atoms with Gasteiger partial charge in [-0.15, -0.1) is 0 Å². The van der Waals surface area contributed by atoms with Crippen molar-refractivity contribution < 1.29 is 22.7 Å². The third-order valence-electron chi connectivity index (χ3n) is 6.95. The monoisotopic (exact) mass is 537 g/mol. The number of benzene rings is 2. The summed E-state index contributed by atoms with van der Waals surface area (Å²) in [7, 11) is 0. The predicted octanol–water partition coefficient (Wildman–Crippen LogP) is 5.18. The lowest BCUT2D eigenvalue weighted by Crippen LogP contribution is -2.45. The number of likely N-dealkylation sites (N-methyl/N-ethyl adjacent to an activating group) is 1. The van der Waals surface area contributed by atoms with Crippen LogP contribution >= 0.6 is 0 Å². The first kappa shape index (κ1) is 26.7. The molecule has 0 saturated carbocycles. The summed E-state index contributed by atoms with van der Waals surface area (Å²) in [5, 5.41) is 2.53. The number of carbonyl (C=O) groups is 1. The van der Waals surface area contributed by atoms with Crippen LogP contribution in [0.4, 0.5) is 18.9 Å². The Kier molecular flexibility index (Phi) is 7.85. The Morgan fingerprint density at radius 3 is 2.46 bits per heavy atom. The molecule has 1 fully saturated rings. The molecule has 10 heteroatoms. The van der Waals surface area contributed by atoms with Crippen molar-refractivity contribution >= 4 is 17.2 Å². The van der Waals surface area contributed by atoms with Gasteiger partial charge >= 0.3 is 6.18 Å². The van der Waals surface area contributed by atoms with Gasteiger partial charge in [-0.05, 0) is 66.2 Å². The molecule has 4 aromatic rings. The van der Waals surface area contributed by atoms with Crippen LogP contribution in [0.25, 0.3) is 16.9 Å². The largest absolute Gasteiger partial charge is 0.484 e. The third-order valence-corrected chi connectivity index (χ3v) is 6.95. The van der Waals surface area contributed by atoms with Gasteiger partial charge in [0.15, 0.2) is 6.61 Å². The van der Waals surface area contributed by atoms with Crippen LogP contribution in [-0.4, -0.2) is 64.4 Å². The van der Waals surface area contributed by atoms with Crippen LogP contribution in [0.15, 0.2) is 73.1 Å². The first-order valence-corrected chi connectivity index (χ1v) is 12.9. The molecule has 0 aliphatic carbocycles. The minimum Gasteiger partial charge on any atom is -0.484 e. The number of carbonyl (C=O) groups excluding carboxylic acids is 1. The van der Waals surface area contributed by atoms with Crippen LogP contribution in [0.2, 0.25) is 0 Å². The van der Waals surface area contributed by atoms with E-state index in [4.69, 9.17) is 4.74 Å². The standard InChI is InChI=1S/C29H30F3N5O2/c1-2-35-14-16-36(17-15-35)19-22-6-9-23(18-25(22)29(30,31)32)34-28(38)20-39-24-10-7-21(8-11-24)26-4-3-5-27-33-12-13-37(26)27/h3-13,18H,2,14-17,19-20H2,1H3,(H,34,38). The molecule has 0 radical (unpaired) electrons. The van der Waals surface area contributed by atoms with Crippen molar-refractivity contribution in [2.24, 2.45) is 0 Å². The average molecular weight is 538 g/mol. The molecule has 0 bridgehead atoms. The summed E-state index contributed by atoms with van der Waals surface area (Å²) in [4.78, 5) is 21.1. The average Bonchev–Trinajstić information content (AvgIpc) is 3.42. The number of nitrogens with zero attached hydrogens (tertiary/aromatic N) is 4. The molecule has 0 atom stereocenters. The van der Waals surface area contributed by atoms with Crippen LogP contribution in [0, 0.1) is 0 Å². The van der Waals surface area contributed by atoms with E-state index in [1.54, 1.807) is 18.3 Å². The number of nitrogens with one attached hydrogen (secondary N) is 1. The highest BCUT2D eigenvalue weighted by molar-refractivity contribution is 5.92. The van der Waals surface area contributed by atoms with Crippen molar-refractivity contribution in [3.8, 4) is 17.0 Å². The molecule has 2 aromatic carbocycles. The van der Waals surface area contributed by atoms with Gasteiger partial charge in [-0.2, -0.15) is 13.2 Å². The number of halogens is 3. The second kappa shape index (κ2) is 11.5. The maximum Gasteiger partial charge on any atom is 0.416 e. The van der Waals surface area contributed by atoms with E-state index in [0.717, 1.165) is 55.7 Å². The van der Waals surface area contributed by atoms with E-state index < -0.39 is 17.6 Å². The Hall–Kier alpha value is -3.89. The van der Waals surface area contributed by atoms with Crippen molar-refractivity contribution in [2.45, 2.75) is 19.6 Å². The number of imidazole rings is 1. The molecule has 0 spiro atoms. The molecule has 1 N–H and O–H groups in total. The number of anilines is 1. The number of hydrogen-bond donors (Lipinski definition) is 1. The van der Waals surface area contributed by atoms with Crippen LogP contribution < -0.4 is 10.1 Å². The molecule has 2 aromatic heterocycles. The summed E-state index contributed by atoms with van der Waals surface area (Å²) >= 11 is 0. The molecule has 0 unspecified atom stereocenters. The number of hydrogen-bond acceptors (Lipinski definition) is 5. The zero-order chi connectivity index (χ0) is 27.4. The lowest BCUT2D eigenvalue weighted by atomic mass is 10.0. The molecular formula is C29H30F3N5O2. The van der Waals surface area contributed by atoms with E-state index in [-0.39, 0.29) is 24.4 Å². The van der Waals surface area contributed by atoms with Crippen molar-refractivity contribution in [3.63, 3.8) is 0 Å². The molecule has 39 heavy (non-hydrogen) atoms. The smallest absolute Gasteiger partial charge is 0.416 e. The fraction of sp³-hybridized carbons (Fsp3) is 0.310. The first-order chi connectivity index (χ1) is 18.8. The van der Waals surface area contributed by atoms with Gasteiger partial charge in [0.25, 0.3) is 5.91 Å². The Morgan fingerprint density at radius 2 is 1.74 bits per heavy atom. The highest BCUT2D eigenvalue weighted by Crippen LogP contribution is 2.34. The first-order valence-electron chi connectivity index (χ1n) is 12.9. The Labute approximate surface area is 224 Å². The van der Waals surface area contributed by atoms with Gasteiger partial charge in [0, 0.05) is 50.8 Å². The van der Waals surface area contributed by atoms with E-state index in [2.05, 4.69) is 22.1 Å². The lowest BCUT2D eigenvalue weighted by molar-refractivity contribution is -0.138. The molecule has 5 rings (SSSR count). The third kappa shape index (κ3) is 6.40. The highest BCUT2D eigenvalue weighted by Gasteiger charge is 2.34. The second-order valence-corrected chi connectivity index (χ2v) is 9.51. The van der Waals surface area contributed by atoms with Crippen molar-refractivity contribution in [1.29, 1.82) is 0 Å². The van der Waals surface area contributed by atoms with Gasteiger partial charge in [-0.1, -0.05) is 19.1 Å². The lowest BCUT2D eigenvalue weighted by Gasteiger charge is -2.34. The number of pyridine rings is 1. The summed E-state index contributed by atoms with van der Waals surface area (Å²) in [5.41, 5.74) is 2.29. The molecular weight excluding hydrogens is 507 g/mol. The quantitative estimate of drug-likeness (QED) is 0.336. The fourth-order valence-electron chi connectivity index (χ4n) is 4.81. The second-order valence-electron chi connectivity index (χ2n) is 9.51. The minimum atomic E-state index is -4.53. The molecule has 1 amide bonds. The Morgan fingerprint density at radius 1 is 1.00 bits per heavy atom. The molecule has 1 aliphatic heterocycles. The van der Waals surface area contributed by atoms with Gasteiger partial charge in [0.1, 0.15) is 11.4 Å². The van der Waals surface area contributed by atoms with Crippen molar-refractivity contribution in [2.75, 3.05) is 44.6 Å². The van der Waals surface area contributed by atoms with Crippen molar-refractivity contribution in [1.82, 2.24) is 19.2 Å². The predicted molar refractivity (Wildman–Crippen MR) is 144 cm³/mol. The van der Waals surface area contributed by atoms with Gasteiger partial charge in [0.05, 0.1) is 11.3 Å². The van der Waals surface area contributed by atoms with E-state index in [1.165, 1.54) is 12.1 Å². The van der Waals surface area contributed by atoms with Gasteiger partial charge in [-0.3, -0.25) is 14.1 Å². The molecule has 1 aliphatic rings. The van der Waals surface area contributed by atoms with Crippen LogP contribution in [0.5, 0.6) is 5.75 Å². The summed E-state index contributed by atoms with van der Waals surface area (Å²) in [6.45, 7) is 6.04. The summed E-state index contributed by atoms with van der Waals surface area (Å²) in [6.07, 6.45) is -0.918. The zero-order valence-corrected chi connectivity index (χ0v) is 21.6. The zero-order valence-electron chi connectivity index (χ0n) is 21.6. The number of fused-ring (bicyclic) bond motifs is 1. The van der Waals surface area contributed by atoms with E-state index in [9.17, 15) is 18.0 Å². The number of aromatic nitrogens is 2. The molecule has 1 saturated heterocycles. The number of piperazine rings is 1. The number of alkyl halides is 3. The molecule has 204 valence electrons.